The van der Waals surface area contributed by atoms with Crippen molar-refractivity contribution in [2.75, 3.05) is 20.3 Å². The van der Waals surface area contributed by atoms with Crippen LogP contribution in [-0.2, 0) is 4.74 Å². The van der Waals surface area contributed by atoms with Crippen LogP contribution in [0.2, 0.25) is 0 Å². The standard InChI is InChI=1S/C11H13FINO2/c1-16-6-2-5-14-11(15)8-3-4-10(13)9(12)7-8/h3-4,7H,2,5-6H2,1H3,(H,14,15). The van der Waals surface area contributed by atoms with E-state index < -0.39 is 0 Å². The highest BCUT2D eigenvalue weighted by Gasteiger charge is 2.07. The zero-order valence-corrected chi connectivity index (χ0v) is 11.1. The molecule has 1 amide bonds. The molecular formula is C11H13FINO2. The molecule has 0 saturated carbocycles. The van der Waals surface area contributed by atoms with Crippen LogP contribution >= 0.6 is 22.6 Å². The molecule has 0 aromatic heterocycles. The molecule has 1 rings (SSSR count). The van der Waals surface area contributed by atoms with Gasteiger partial charge in [0.2, 0.25) is 0 Å². The Morgan fingerprint density at radius 3 is 2.94 bits per heavy atom. The first-order valence-corrected chi connectivity index (χ1v) is 5.95. The van der Waals surface area contributed by atoms with E-state index in [0.29, 0.717) is 22.3 Å². The Bertz CT molecular complexity index is 371. The van der Waals surface area contributed by atoms with Crippen molar-refractivity contribution in [2.24, 2.45) is 0 Å². The minimum absolute atomic E-state index is 0.258. The summed E-state index contributed by atoms with van der Waals surface area (Å²) < 4.78 is 18.5. The Hall–Kier alpha value is -0.690. The quantitative estimate of drug-likeness (QED) is 0.661. The first-order valence-electron chi connectivity index (χ1n) is 4.87. The molecule has 0 bridgehead atoms. The summed E-state index contributed by atoms with van der Waals surface area (Å²) in [6.07, 6.45) is 0.745. The minimum Gasteiger partial charge on any atom is -0.385 e. The average molecular weight is 337 g/mol. The van der Waals surface area contributed by atoms with E-state index >= 15 is 0 Å². The SMILES string of the molecule is COCCCNC(=O)c1ccc(I)c(F)c1. The second-order valence-electron chi connectivity index (χ2n) is 3.23. The number of carbonyl (C=O) groups is 1. The van der Waals surface area contributed by atoms with E-state index in [4.69, 9.17) is 4.74 Å². The molecule has 1 aromatic carbocycles. The van der Waals surface area contributed by atoms with Gasteiger partial charge in [0.25, 0.3) is 5.91 Å². The zero-order valence-electron chi connectivity index (χ0n) is 8.93. The second kappa shape index (κ2) is 6.80. The number of amides is 1. The molecule has 1 aromatic rings. The van der Waals surface area contributed by atoms with Crippen LogP contribution in [0.3, 0.4) is 0 Å². The Labute approximate surface area is 108 Å². The third-order valence-corrected chi connectivity index (χ3v) is 2.87. The monoisotopic (exact) mass is 337 g/mol. The van der Waals surface area contributed by atoms with E-state index in [2.05, 4.69) is 5.32 Å². The van der Waals surface area contributed by atoms with E-state index in [-0.39, 0.29) is 11.7 Å². The molecule has 0 atom stereocenters. The number of methoxy groups -OCH3 is 1. The van der Waals surface area contributed by atoms with E-state index in [9.17, 15) is 9.18 Å². The third kappa shape index (κ3) is 4.05. The van der Waals surface area contributed by atoms with Gasteiger partial charge in [-0.1, -0.05) is 0 Å². The molecule has 88 valence electrons. The smallest absolute Gasteiger partial charge is 0.251 e. The van der Waals surface area contributed by atoms with Crippen LogP contribution in [0.15, 0.2) is 18.2 Å². The molecule has 5 heteroatoms. The number of ether oxygens (including phenoxy) is 1. The Morgan fingerprint density at radius 1 is 1.56 bits per heavy atom. The van der Waals surface area contributed by atoms with Crippen LogP contribution in [0.25, 0.3) is 0 Å². The number of carbonyl (C=O) groups excluding carboxylic acids is 1. The van der Waals surface area contributed by atoms with Gasteiger partial charge in [0, 0.05) is 29.4 Å². The molecule has 0 radical (unpaired) electrons. The lowest BCUT2D eigenvalue weighted by atomic mass is 10.2. The molecule has 0 aliphatic carbocycles. The van der Waals surface area contributed by atoms with Crippen molar-refractivity contribution in [3.8, 4) is 0 Å². The van der Waals surface area contributed by atoms with Crippen molar-refractivity contribution in [3.63, 3.8) is 0 Å². The number of rotatable bonds is 5. The normalized spacial score (nSPS) is 10.2. The first-order chi connectivity index (χ1) is 7.65. The predicted octanol–water partition coefficient (Wildman–Crippen LogP) is 2.20. The lowest BCUT2D eigenvalue weighted by Crippen LogP contribution is -2.25. The van der Waals surface area contributed by atoms with Crippen LogP contribution in [0, 0.1) is 9.39 Å². The lowest BCUT2D eigenvalue weighted by molar-refractivity contribution is 0.0948. The summed E-state index contributed by atoms with van der Waals surface area (Å²) >= 11 is 1.88. The molecule has 1 N–H and O–H groups in total. The maximum atomic E-state index is 13.2. The fourth-order valence-corrected chi connectivity index (χ4v) is 1.49. The summed E-state index contributed by atoms with van der Waals surface area (Å²) in [4.78, 5) is 11.6. The van der Waals surface area contributed by atoms with Crippen molar-refractivity contribution in [3.05, 3.63) is 33.1 Å². The summed E-state index contributed by atoms with van der Waals surface area (Å²) in [5.74, 6) is -0.628. The number of halogens is 2. The van der Waals surface area contributed by atoms with Crippen molar-refractivity contribution >= 4 is 28.5 Å². The second-order valence-corrected chi connectivity index (χ2v) is 4.39. The number of nitrogens with one attached hydrogen (secondary N) is 1. The zero-order chi connectivity index (χ0) is 12.0. The van der Waals surface area contributed by atoms with E-state index in [1.165, 1.54) is 6.07 Å². The van der Waals surface area contributed by atoms with E-state index in [1.807, 2.05) is 22.6 Å². The van der Waals surface area contributed by atoms with Gasteiger partial charge >= 0.3 is 0 Å². The molecule has 0 spiro atoms. The van der Waals surface area contributed by atoms with Gasteiger partial charge in [0.15, 0.2) is 0 Å². The van der Waals surface area contributed by atoms with Gasteiger partial charge in [-0.15, -0.1) is 0 Å². The number of hydrogen-bond acceptors (Lipinski definition) is 2. The van der Waals surface area contributed by atoms with Crippen LogP contribution < -0.4 is 5.32 Å². The van der Waals surface area contributed by atoms with Gasteiger partial charge in [0.1, 0.15) is 5.82 Å². The van der Waals surface area contributed by atoms with Crippen molar-refractivity contribution in [1.29, 1.82) is 0 Å². The van der Waals surface area contributed by atoms with Crippen LogP contribution in [0.5, 0.6) is 0 Å². The molecule has 0 fully saturated rings. The maximum Gasteiger partial charge on any atom is 0.251 e. The minimum atomic E-state index is -0.370. The van der Waals surface area contributed by atoms with Gasteiger partial charge in [-0.3, -0.25) is 4.79 Å². The average Bonchev–Trinajstić information content (AvgIpc) is 2.28. The molecule has 3 nitrogen and oxygen atoms in total. The van der Waals surface area contributed by atoms with Gasteiger partial charge in [-0.25, -0.2) is 4.39 Å². The molecule has 0 saturated heterocycles. The summed E-state index contributed by atoms with van der Waals surface area (Å²) in [5.41, 5.74) is 0.343. The summed E-state index contributed by atoms with van der Waals surface area (Å²) in [6.45, 7) is 1.13. The fourth-order valence-electron chi connectivity index (χ4n) is 1.16. The van der Waals surface area contributed by atoms with Crippen molar-refractivity contribution in [2.45, 2.75) is 6.42 Å². The van der Waals surface area contributed by atoms with Gasteiger partial charge in [-0.2, -0.15) is 0 Å². The van der Waals surface area contributed by atoms with Crippen molar-refractivity contribution < 1.29 is 13.9 Å². The third-order valence-electron chi connectivity index (χ3n) is 1.99. The highest BCUT2D eigenvalue weighted by molar-refractivity contribution is 14.1. The Kier molecular flexibility index (Phi) is 5.68. The maximum absolute atomic E-state index is 13.2. The number of benzene rings is 1. The summed E-state index contributed by atoms with van der Waals surface area (Å²) in [7, 11) is 1.61. The molecule has 0 aliphatic heterocycles. The highest BCUT2D eigenvalue weighted by Crippen LogP contribution is 2.12. The Balaban J connectivity index is 2.50. The van der Waals surface area contributed by atoms with Gasteiger partial charge in [-0.05, 0) is 47.2 Å². The van der Waals surface area contributed by atoms with Crippen LogP contribution in [-0.4, -0.2) is 26.2 Å². The topological polar surface area (TPSA) is 38.3 Å². The predicted molar refractivity (Wildman–Crippen MR) is 67.9 cm³/mol. The summed E-state index contributed by atoms with van der Waals surface area (Å²) in [6, 6.07) is 4.43. The molecule has 0 aliphatic rings. The molecule has 0 heterocycles. The van der Waals surface area contributed by atoms with Gasteiger partial charge in [0.05, 0.1) is 0 Å². The largest absolute Gasteiger partial charge is 0.385 e. The lowest BCUT2D eigenvalue weighted by Gasteiger charge is -2.05. The molecule has 0 unspecified atom stereocenters. The first kappa shape index (κ1) is 13.4. The highest BCUT2D eigenvalue weighted by atomic mass is 127. The molecular weight excluding hydrogens is 324 g/mol. The van der Waals surface area contributed by atoms with E-state index in [1.54, 1.807) is 19.2 Å². The van der Waals surface area contributed by atoms with Crippen LogP contribution in [0.4, 0.5) is 4.39 Å². The fraction of sp³-hybridized carbons (Fsp3) is 0.364. The molecule has 16 heavy (non-hydrogen) atoms. The van der Waals surface area contributed by atoms with Crippen molar-refractivity contribution in [1.82, 2.24) is 5.32 Å². The number of hydrogen-bond donors (Lipinski definition) is 1. The summed E-state index contributed by atoms with van der Waals surface area (Å²) in [5, 5.41) is 2.69. The Morgan fingerprint density at radius 2 is 2.31 bits per heavy atom. The van der Waals surface area contributed by atoms with E-state index in [0.717, 1.165) is 6.42 Å². The van der Waals surface area contributed by atoms with Crippen LogP contribution in [0.1, 0.15) is 16.8 Å². The van der Waals surface area contributed by atoms with Gasteiger partial charge < -0.3 is 10.1 Å².